The van der Waals surface area contributed by atoms with Crippen LogP contribution in [0.2, 0.25) is 0 Å². The van der Waals surface area contributed by atoms with Gasteiger partial charge < -0.3 is 4.98 Å². The molecule has 33 heavy (non-hydrogen) atoms. The van der Waals surface area contributed by atoms with Crippen LogP contribution in [0.25, 0.3) is 10.9 Å². The van der Waals surface area contributed by atoms with Crippen LogP contribution in [0.15, 0.2) is 76.9 Å². The van der Waals surface area contributed by atoms with Crippen molar-refractivity contribution in [3.05, 3.63) is 93.7 Å². The van der Waals surface area contributed by atoms with Gasteiger partial charge >= 0.3 is 0 Å². The van der Waals surface area contributed by atoms with Crippen molar-refractivity contribution < 1.29 is 13.3 Å². The highest BCUT2D eigenvalue weighted by molar-refractivity contribution is 7.92. The minimum absolute atomic E-state index is 0.106. The van der Waals surface area contributed by atoms with Gasteiger partial charge in [0.15, 0.2) is 0 Å². The molecule has 0 bridgehead atoms. The normalized spacial score (nSPS) is 11.7. The number of H-pyrrole nitrogens is 1. The van der Waals surface area contributed by atoms with E-state index in [2.05, 4.69) is 20.2 Å². The van der Waals surface area contributed by atoms with Crippen LogP contribution in [-0.2, 0) is 10.0 Å². The van der Waals surface area contributed by atoms with Crippen molar-refractivity contribution in [2.45, 2.75) is 18.7 Å². The summed E-state index contributed by atoms with van der Waals surface area (Å²) in [5.41, 5.74) is 6.32. The number of nitro groups is 1. The van der Waals surface area contributed by atoms with Crippen LogP contribution in [0, 0.1) is 24.0 Å². The van der Waals surface area contributed by atoms with E-state index >= 15 is 0 Å². The van der Waals surface area contributed by atoms with Gasteiger partial charge in [0.25, 0.3) is 15.7 Å². The number of fused-ring (bicyclic) bond motifs is 1. The number of nitrogens with one attached hydrogen (secondary N) is 3. The number of anilines is 2. The van der Waals surface area contributed by atoms with Gasteiger partial charge in [0, 0.05) is 34.8 Å². The first kappa shape index (κ1) is 22.0. The third kappa shape index (κ3) is 4.70. The summed E-state index contributed by atoms with van der Waals surface area (Å²) in [4.78, 5) is 13.5. The van der Waals surface area contributed by atoms with E-state index in [-0.39, 0.29) is 16.3 Å². The average Bonchev–Trinajstić information content (AvgIpc) is 3.19. The van der Waals surface area contributed by atoms with Crippen molar-refractivity contribution >= 4 is 44.2 Å². The van der Waals surface area contributed by atoms with Gasteiger partial charge in [0.05, 0.1) is 22.5 Å². The van der Waals surface area contributed by atoms with Gasteiger partial charge in [0.2, 0.25) is 0 Å². The second kappa shape index (κ2) is 8.75. The van der Waals surface area contributed by atoms with Gasteiger partial charge in [-0.2, -0.15) is 5.10 Å². The molecule has 9 nitrogen and oxygen atoms in total. The Morgan fingerprint density at radius 1 is 1.03 bits per heavy atom. The van der Waals surface area contributed by atoms with Gasteiger partial charge in [-0.25, -0.2) is 8.42 Å². The third-order valence-electron chi connectivity index (χ3n) is 5.10. The zero-order valence-corrected chi connectivity index (χ0v) is 18.7. The van der Waals surface area contributed by atoms with Crippen LogP contribution in [0.3, 0.4) is 0 Å². The molecule has 0 atom stereocenters. The number of nitro benzene ring substituents is 1. The molecule has 4 rings (SSSR count). The highest BCUT2D eigenvalue weighted by Gasteiger charge is 2.23. The predicted molar refractivity (Wildman–Crippen MR) is 129 cm³/mol. The number of benzene rings is 3. The Morgan fingerprint density at radius 3 is 2.55 bits per heavy atom. The lowest BCUT2D eigenvalue weighted by atomic mass is 10.1. The highest BCUT2D eigenvalue weighted by Crippen LogP contribution is 2.29. The number of para-hydroxylation sites is 1. The number of hydrogen-bond acceptors (Lipinski definition) is 6. The Morgan fingerprint density at radius 2 is 1.79 bits per heavy atom. The van der Waals surface area contributed by atoms with Gasteiger partial charge in [0.1, 0.15) is 4.90 Å². The van der Waals surface area contributed by atoms with Crippen molar-refractivity contribution in [1.82, 2.24) is 4.98 Å². The number of sulfonamides is 1. The monoisotopic (exact) mass is 463 g/mol. The lowest BCUT2D eigenvalue weighted by Crippen LogP contribution is -2.16. The Bertz CT molecular complexity index is 1490. The summed E-state index contributed by atoms with van der Waals surface area (Å²) in [6.07, 6.45) is 3.33. The lowest BCUT2D eigenvalue weighted by molar-refractivity contribution is -0.385. The van der Waals surface area contributed by atoms with Gasteiger partial charge in [-0.1, -0.05) is 35.9 Å². The predicted octanol–water partition coefficient (Wildman–Crippen LogP) is 4.94. The summed E-state index contributed by atoms with van der Waals surface area (Å²) < 4.78 is 28.9. The van der Waals surface area contributed by atoms with Crippen LogP contribution in [-0.4, -0.2) is 24.5 Å². The standard InChI is InChI=1S/C23H21N5O4S/c1-15-7-9-20(16(2)11-15)27-33(31,32)23-12-18(28(29)30)8-10-22(23)26-25-14-17-13-24-21-6-4-3-5-19(17)21/h3-14,24,26-27H,1-2H3/b25-14+. The maximum Gasteiger partial charge on any atom is 0.270 e. The molecule has 0 aliphatic heterocycles. The molecular weight excluding hydrogens is 442 g/mol. The van der Waals surface area contributed by atoms with Crippen molar-refractivity contribution in [1.29, 1.82) is 0 Å². The third-order valence-corrected chi connectivity index (χ3v) is 6.51. The first-order valence-electron chi connectivity index (χ1n) is 9.98. The van der Waals surface area contributed by atoms with Crippen LogP contribution in [0.1, 0.15) is 16.7 Å². The Kier molecular flexibility index (Phi) is 5.84. The molecule has 0 saturated carbocycles. The zero-order chi connectivity index (χ0) is 23.6. The van der Waals surface area contributed by atoms with E-state index in [1.165, 1.54) is 12.1 Å². The number of rotatable bonds is 7. The highest BCUT2D eigenvalue weighted by atomic mass is 32.2. The minimum Gasteiger partial charge on any atom is -0.361 e. The fourth-order valence-corrected chi connectivity index (χ4v) is 4.75. The molecule has 0 aliphatic carbocycles. The number of aromatic nitrogens is 1. The SMILES string of the molecule is Cc1ccc(NS(=O)(=O)c2cc([N+](=O)[O-])ccc2N/N=C/c2c[nH]c3ccccc23)c(C)c1. The molecule has 4 aromatic rings. The number of nitrogens with zero attached hydrogens (tertiary/aromatic N) is 2. The summed E-state index contributed by atoms with van der Waals surface area (Å²) >= 11 is 0. The fraction of sp³-hybridized carbons (Fsp3) is 0.0870. The smallest absolute Gasteiger partial charge is 0.270 e. The first-order valence-corrected chi connectivity index (χ1v) is 11.5. The van der Waals surface area contributed by atoms with E-state index in [0.717, 1.165) is 33.7 Å². The molecule has 10 heteroatoms. The van der Waals surface area contributed by atoms with E-state index in [1.807, 2.05) is 37.3 Å². The van der Waals surface area contributed by atoms with Crippen molar-refractivity contribution in [3.63, 3.8) is 0 Å². The van der Waals surface area contributed by atoms with Crippen molar-refractivity contribution in [3.8, 4) is 0 Å². The molecule has 0 fully saturated rings. The molecule has 0 saturated heterocycles. The lowest BCUT2D eigenvalue weighted by Gasteiger charge is -2.14. The van der Waals surface area contributed by atoms with Crippen LogP contribution in [0.5, 0.6) is 0 Å². The number of non-ortho nitro benzene ring substituents is 1. The minimum atomic E-state index is -4.15. The second-order valence-electron chi connectivity index (χ2n) is 7.52. The zero-order valence-electron chi connectivity index (χ0n) is 17.9. The van der Waals surface area contributed by atoms with Gasteiger partial charge in [-0.15, -0.1) is 0 Å². The summed E-state index contributed by atoms with van der Waals surface area (Å²) in [5, 5.41) is 16.4. The van der Waals surface area contributed by atoms with Crippen molar-refractivity contribution in [2.24, 2.45) is 5.10 Å². The Labute approximate surface area is 190 Å². The summed E-state index contributed by atoms with van der Waals surface area (Å²) in [5.74, 6) is 0. The largest absolute Gasteiger partial charge is 0.361 e. The summed E-state index contributed by atoms with van der Waals surface area (Å²) in [6, 6.07) is 16.5. The second-order valence-corrected chi connectivity index (χ2v) is 9.17. The Balaban J connectivity index is 1.67. The molecule has 3 N–H and O–H groups in total. The first-order chi connectivity index (χ1) is 15.7. The summed E-state index contributed by atoms with van der Waals surface area (Å²) in [6.45, 7) is 3.68. The molecule has 0 amide bonds. The molecule has 1 heterocycles. The van der Waals surface area contributed by atoms with E-state index < -0.39 is 14.9 Å². The maximum atomic E-state index is 13.2. The quantitative estimate of drug-likeness (QED) is 0.203. The fourth-order valence-electron chi connectivity index (χ4n) is 3.44. The maximum absolute atomic E-state index is 13.2. The molecule has 3 aromatic carbocycles. The number of aromatic amines is 1. The molecule has 0 unspecified atom stereocenters. The Hall–Kier alpha value is -4.18. The number of hydrazone groups is 1. The van der Waals surface area contributed by atoms with Gasteiger partial charge in [-0.3, -0.25) is 20.3 Å². The summed E-state index contributed by atoms with van der Waals surface area (Å²) in [7, 11) is -4.15. The van der Waals surface area contributed by atoms with E-state index in [9.17, 15) is 18.5 Å². The number of hydrogen-bond donors (Lipinski definition) is 3. The average molecular weight is 464 g/mol. The van der Waals surface area contributed by atoms with Crippen molar-refractivity contribution in [2.75, 3.05) is 10.1 Å². The molecular formula is C23H21N5O4S. The van der Waals surface area contributed by atoms with Gasteiger partial charge in [-0.05, 0) is 37.6 Å². The van der Waals surface area contributed by atoms with E-state index in [0.29, 0.717) is 5.69 Å². The number of aryl methyl sites for hydroxylation is 2. The molecule has 0 radical (unpaired) electrons. The van der Waals surface area contributed by atoms with E-state index in [1.54, 1.807) is 31.5 Å². The van der Waals surface area contributed by atoms with Crippen LogP contribution in [0.4, 0.5) is 17.1 Å². The van der Waals surface area contributed by atoms with Crippen LogP contribution >= 0.6 is 0 Å². The van der Waals surface area contributed by atoms with Crippen LogP contribution < -0.4 is 10.1 Å². The molecule has 0 aliphatic rings. The molecule has 168 valence electrons. The molecule has 0 spiro atoms. The topological polar surface area (TPSA) is 129 Å². The van der Waals surface area contributed by atoms with E-state index in [4.69, 9.17) is 0 Å². The molecule has 1 aromatic heterocycles.